The van der Waals surface area contributed by atoms with Gasteiger partial charge < -0.3 is 10.5 Å². The quantitative estimate of drug-likeness (QED) is 0.817. The number of hydrogen-bond donors (Lipinski definition) is 1. The number of nitrogen functional groups attached to an aromatic ring is 1. The molecule has 4 nitrogen and oxygen atoms in total. The lowest BCUT2D eigenvalue weighted by Crippen LogP contribution is -2.02. The molecule has 5 heteroatoms. The number of hydrogen-bond acceptors (Lipinski definition) is 3. The monoisotopic (exact) mass is 265 g/mol. The first kappa shape index (κ1) is 12.8. The molecule has 0 spiro atoms. The van der Waals surface area contributed by atoms with Crippen molar-refractivity contribution in [2.24, 2.45) is 0 Å². The molecule has 0 atom stereocenters. The van der Waals surface area contributed by atoms with Crippen molar-refractivity contribution in [3.05, 3.63) is 41.7 Å². The first-order chi connectivity index (χ1) is 8.75. The Labute approximate surface area is 111 Å². The molecule has 0 fully saturated rings. The van der Waals surface area contributed by atoms with Crippen LogP contribution >= 0.6 is 11.6 Å². The van der Waals surface area contributed by atoms with Gasteiger partial charge in [-0.05, 0) is 25.0 Å². The molecule has 1 aromatic carbocycles. The summed E-state index contributed by atoms with van der Waals surface area (Å²) >= 11 is 5.98. The number of unbranched alkanes of at least 4 members (excludes halogenated alkanes) is 1. The second-order valence-corrected chi connectivity index (χ2v) is 4.43. The van der Waals surface area contributed by atoms with Crippen molar-refractivity contribution < 1.29 is 4.74 Å². The van der Waals surface area contributed by atoms with E-state index in [4.69, 9.17) is 22.1 Å². The van der Waals surface area contributed by atoms with Gasteiger partial charge in [0.25, 0.3) is 0 Å². The van der Waals surface area contributed by atoms with Crippen LogP contribution in [0.15, 0.2) is 36.7 Å². The maximum absolute atomic E-state index is 5.98. The standard InChI is InChI=1S/C13H16ClN3O/c14-12-5-1-2-6-13(12)18-8-4-3-7-17-10-11(15)9-16-17/h1-2,5-6,9-10H,3-4,7-8,15H2. The molecule has 2 N–H and O–H groups in total. The molecule has 2 rings (SSSR count). The summed E-state index contributed by atoms with van der Waals surface area (Å²) in [7, 11) is 0. The summed E-state index contributed by atoms with van der Waals surface area (Å²) in [6, 6.07) is 7.49. The van der Waals surface area contributed by atoms with Gasteiger partial charge in [-0.3, -0.25) is 4.68 Å². The number of para-hydroxylation sites is 1. The van der Waals surface area contributed by atoms with E-state index in [1.807, 2.05) is 35.1 Å². The van der Waals surface area contributed by atoms with E-state index >= 15 is 0 Å². The van der Waals surface area contributed by atoms with Crippen LogP contribution in [0.25, 0.3) is 0 Å². The zero-order chi connectivity index (χ0) is 12.8. The zero-order valence-electron chi connectivity index (χ0n) is 10.1. The van der Waals surface area contributed by atoms with Gasteiger partial charge in [0, 0.05) is 12.7 Å². The van der Waals surface area contributed by atoms with E-state index in [0.29, 0.717) is 17.3 Å². The van der Waals surface area contributed by atoms with Gasteiger partial charge in [0.2, 0.25) is 0 Å². The van der Waals surface area contributed by atoms with Crippen LogP contribution in [0.1, 0.15) is 12.8 Å². The Morgan fingerprint density at radius 3 is 2.83 bits per heavy atom. The van der Waals surface area contributed by atoms with Crippen molar-refractivity contribution in [2.75, 3.05) is 12.3 Å². The van der Waals surface area contributed by atoms with Gasteiger partial charge in [-0.1, -0.05) is 23.7 Å². The molecule has 0 unspecified atom stereocenters. The van der Waals surface area contributed by atoms with E-state index in [-0.39, 0.29) is 0 Å². The van der Waals surface area contributed by atoms with Crippen LogP contribution in [0, 0.1) is 0 Å². The second-order valence-electron chi connectivity index (χ2n) is 4.02. The van der Waals surface area contributed by atoms with Crippen LogP contribution in [0.2, 0.25) is 5.02 Å². The molecule has 96 valence electrons. The van der Waals surface area contributed by atoms with Gasteiger partial charge in [0.15, 0.2) is 0 Å². The summed E-state index contributed by atoms with van der Waals surface area (Å²) in [4.78, 5) is 0. The van der Waals surface area contributed by atoms with Crippen molar-refractivity contribution in [3.63, 3.8) is 0 Å². The van der Waals surface area contributed by atoms with Gasteiger partial charge in [0.05, 0.1) is 23.5 Å². The van der Waals surface area contributed by atoms with Crippen molar-refractivity contribution in [1.82, 2.24) is 9.78 Å². The second kappa shape index (κ2) is 6.31. The largest absolute Gasteiger partial charge is 0.492 e. The van der Waals surface area contributed by atoms with E-state index in [1.54, 1.807) is 6.20 Å². The van der Waals surface area contributed by atoms with Crippen LogP contribution in [-0.4, -0.2) is 16.4 Å². The number of anilines is 1. The highest BCUT2D eigenvalue weighted by Crippen LogP contribution is 2.23. The first-order valence-corrected chi connectivity index (χ1v) is 6.29. The molecule has 0 aliphatic carbocycles. The van der Waals surface area contributed by atoms with E-state index in [1.165, 1.54) is 0 Å². The summed E-state index contributed by atoms with van der Waals surface area (Å²) in [5.41, 5.74) is 6.28. The predicted octanol–water partition coefficient (Wildman–Crippen LogP) is 2.98. The van der Waals surface area contributed by atoms with Crippen molar-refractivity contribution in [2.45, 2.75) is 19.4 Å². The molecule has 0 amide bonds. The highest BCUT2D eigenvalue weighted by Gasteiger charge is 1.99. The fraction of sp³-hybridized carbons (Fsp3) is 0.308. The Hall–Kier alpha value is -1.68. The smallest absolute Gasteiger partial charge is 0.137 e. The Bertz CT molecular complexity index is 498. The van der Waals surface area contributed by atoms with Crippen molar-refractivity contribution >= 4 is 17.3 Å². The number of nitrogens with two attached hydrogens (primary N) is 1. The van der Waals surface area contributed by atoms with Crippen molar-refractivity contribution in [1.29, 1.82) is 0 Å². The third-order valence-corrected chi connectivity index (χ3v) is 2.84. The number of aromatic nitrogens is 2. The fourth-order valence-electron chi connectivity index (χ4n) is 1.62. The Kier molecular flexibility index (Phi) is 4.47. The normalized spacial score (nSPS) is 10.5. The molecule has 0 bridgehead atoms. The summed E-state index contributed by atoms with van der Waals surface area (Å²) in [5.74, 6) is 0.738. The van der Waals surface area contributed by atoms with Crippen LogP contribution < -0.4 is 10.5 Å². The SMILES string of the molecule is Nc1cnn(CCCCOc2ccccc2Cl)c1. The molecular weight excluding hydrogens is 250 g/mol. The summed E-state index contributed by atoms with van der Waals surface area (Å²) in [6.45, 7) is 1.50. The zero-order valence-corrected chi connectivity index (χ0v) is 10.8. The Morgan fingerprint density at radius 2 is 2.11 bits per heavy atom. The lowest BCUT2D eigenvalue weighted by Gasteiger charge is -2.07. The van der Waals surface area contributed by atoms with Gasteiger partial charge >= 0.3 is 0 Å². The Balaban J connectivity index is 1.66. The Morgan fingerprint density at radius 1 is 1.28 bits per heavy atom. The van der Waals surface area contributed by atoms with E-state index in [2.05, 4.69) is 5.10 Å². The molecule has 18 heavy (non-hydrogen) atoms. The van der Waals surface area contributed by atoms with Gasteiger partial charge in [0.1, 0.15) is 5.75 Å². The maximum atomic E-state index is 5.98. The van der Waals surface area contributed by atoms with E-state index in [0.717, 1.165) is 25.1 Å². The van der Waals surface area contributed by atoms with Gasteiger partial charge in [-0.15, -0.1) is 0 Å². The molecule has 2 aromatic rings. The minimum Gasteiger partial charge on any atom is -0.492 e. The number of rotatable bonds is 6. The summed E-state index contributed by atoms with van der Waals surface area (Å²) < 4.78 is 7.43. The average Bonchev–Trinajstić information content (AvgIpc) is 2.77. The van der Waals surface area contributed by atoms with E-state index < -0.39 is 0 Å². The van der Waals surface area contributed by atoms with Crippen LogP contribution in [0.5, 0.6) is 5.75 Å². The number of ether oxygens (including phenoxy) is 1. The molecular formula is C13H16ClN3O. The summed E-state index contributed by atoms with van der Waals surface area (Å²) in [6.07, 6.45) is 5.42. The summed E-state index contributed by atoms with van der Waals surface area (Å²) in [5, 5.41) is 4.77. The van der Waals surface area contributed by atoms with Gasteiger partial charge in [-0.2, -0.15) is 5.10 Å². The number of nitrogens with zero attached hydrogens (tertiary/aromatic N) is 2. The van der Waals surface area contributed by atoms with Crippen LogP contribution in [0.3, 0.4) is 0 Å². The average molecular weight is 266 g/mol. The number of aryl methyl sites for hydroxylation is 1. The lowest BCUT2D eigenvalue weighted by molar-refractivity contribution is 0.302. The maximum Gasteiger partial charge on any atom is 0.137 e. The third kappa shape index (κ3) is 3.67. The molecule has 1 heterocycles. The lowest BCUT2D eigenvalue weighted by atomic mass is 10.3. The van der Waals surface area contributed by atoms with Gasteiger partial charge in [-0.25, -0.2) is 0 Å². The topological polar surface area (TPSA) is 53.1 Å². The van der Waals surface area contributed by atoms with Crippen molar-refractivity contribution in [3.8, 4) is 5.75 Å². The predicted molar refractivity (Wildman–Crippen MR) is 72.8 cm³/mol. The van der Waals surface area contributed by atoms with Crippen LogP contribution in [-0.2, 0) is 6.54 Å². The highest BCUT2D eigenvalue weighted by molar-refractivity contribution is 6.32. The molecule has 0 aliphatic rings. The minimum atomic E-state index is 0.650. The third-order valence-electron chi connectivity index (χ3n) is 2.53. The number of benzene rings is 1. The molecule has 1 aromatic heterocycles. The van der Waals surface area contributed by atoms with E-state index in [9.17, 15) is 0 Å². The minimum absolute atomic E-state index is 0.650. The molecule has 0 saturated heterocycles. The first-order valence-electron chi connectivity index (χ1n) is 5.91. The molecule has 0 radical (unpaired) electrons. The molecule has 0 aliphatic heterocycles. The fourth-order valence-corrected chi connectivity index (χ4v) is 1.81. The molecule has 0 saturated carbocycles. The van der Waals surface area contributed by atoms with Crippen LogP contribution in [0.4, 0.5) is 5.69 Å². The highest BCUT2D eigenvalue weighted by atomic mass is 35.5. The number of halogens is 1.